The summed E-state index contributed by atoms with van der Waals surface area (Å²) in [5.74, 6) is 3.78. The Morgan fingerprint density at radius 3 is 2.47 bits per heavy atom. The molecule has 2 heteroatoms. The highest BCUT2D eigenvalue weighted by Gasteiger charge is 2.90. The van der Waals surface area contributed by atoms with Crippen molar-refractivity contribution in [3.63, 3.8) is 0 Å². The molecule has 0 aromatic rings. The van der Waals surface area contributed by atoms with E-state index in [1.54, 1.807) is 0 Å². The Bertz CT molecular complexity index is 369. The average Bonchev–Trinajstić information content (AvgIpc) is 2.08. The zero-order valence-electron chi connectivity index (χ0n) is 9.88. The Morgan fingerprint density at radius 1 is 1.27 bits per heavy atom. The normalized spacial score (nSPS) is 63.7. The van der Waals surface area contributed by atoms with E-state index in [9.17, 15) is 0 Å². The molecule has 0 heterocycles. The molecule has 1 spiro atoms. The maximum absolute atomic E-state index is 7.40. The predicted molar refractivity (Wildman–Crippen MR) is 57.6 cm³/mol. The summed E-state index contributed by atoms with van der Waals surface area (Å²) in [5.41, 5.74) is 8.65. The summed E-state index contributed by atoms with van der Waals surface area (Å²) >= 11 is 0. The third-order valence-corrected chi connectivity index (χ3v) is 6.87. The van der Waals surface area contributed by atoms with E-state index in [2.05, 4.69) is 25.9 Å². The summed E-state index contributed by atoms with van der Waals surface area (Å²) < 4.78 is 0. The lowest BCUT2D eigenvalue weighted by Crippen LogP contribution is -2.90. The van der Waals surface area contributed by atoms with Crippen LogP contribution in [0.5, 0.6) is 0 Å². The third kappa shape index (κ3) is 0.533. The van der Waals surface area contributed by atoms with E-state index >= 15 is 0 Å². The molecule has 2 nitrogen and oxygen atoms in total. The lowest BCUT2D eigenvalue weighted by molar-refractivity contribution is -0.467. The molecule has 0 radical (unpaired) electrons. The molecule has 4 aliphatic rings. The lowest BCUT2D eigenvalue weighted by Gasteiger charge is -2.94. The summed E-state index contributed by atoms with van der Waals surface area (Å²) in [6, 6.07) is 0. The van der Waals surface area contributed by atoms with Crippen LogP contribution in [0.3, 0.4) is 0 Å². The molecule has 0 aromatic heterocycles. The molecular formula is C13H20N2. The predicted octanol–water partition coefficient (Wildman–Crippen LogP) is 3.48. The van der Waals surface area contributed by atoms with Gasteiger partial charge in [-0.15, -0.1) is 0 Å². The molecule has 6 unspecified atom stereocenters. The van der Waals surface area contributed by atoms with Gasteiger partial charge < -0.3 is 0 Å². The molecule has 0 aliphatic heterocycles. The minimum Gasteiger partial charge on any atom is -0.209 e. The van der Waals surface area contributed by atoms with E-state index in [1.165, 1.54) is 19.3 Å². The van der Waals surface area contributed by atoms with E-state index in [4.69, 9.17) is 5.53 Å². The fourth-order valence-electron chi connectivity index (χ4n) is 6.81. The molecule has 15 heavy (non-hydrogen) atoms. The highest BCUT2D eigenvalue weighted by molar-refractivity contribution is 5.38. The first-order valence-corrected chi connectivity index (χ1v) is 6.37. The average molecular weight is 204 g/mol. The van der Waals surface area contributed by atoms with Gasteiger partial charge in [0.05, 0.1) is 5.54 Å². The van der Waals surface area contributed by atoms with Crippen molar-refractivity contribution in [3.8, 4) is 0 Å². The van der Waals surface area contributed by atoms with Gasteiger partial charge in [0.25, 0.3) is 0 Å². The topological polar surface area (TPSA) is 36.2 Å². The monoisotopic (exact) mass is 204 g/mol. The van der Waals surface area contributed by atoms with Gasteiger partial charge in [-0.05, 0) is 67.6 Å². The highest BCUT2D eigenvalue weighted by atomic mass is 15.1. The Hall–Kier alpha value is -0.400. The Balaban J connectivity index is 1.73. The summed E-state index contributed by atoms with van der Waals surface area (Å²) in [6.07, 6.45) is 4.41. The fraction of sp³-hybridized carbons (Fsp3) is 1.00. The SMILES string of the molecule is CC(C)(N=N)C1C2CC3CC4CC1(C)C342. The summed E-state index contributed by atoms with van der Waals surface area (Å²) in [5, 5.41) is 3.91. The van der Waals surface area contributed by atoms with E-state index in [1.807, 2.05) is 0 Å². The largest absolute Gasteiger partial charge is 0.209 e. The van der Waals surface area contributed by atoms with Crippen molar-refractivity contribution in [3.05, 3.63) is 0 Å². The molecule has 0 amide bonds. The summed E-state index contributed by atoms with van der Waals surface area (Å²) in [7, 11) is 0. The van der Waals surface area contributed by atoms with Crippen LogP contribution in [-0.2, 0) is 0 Å². The standard InChI is InChI=1S/C13H20N2/c1-11(2,15-14)10-9-5-7-4-8-6-12(10,3)13(7,8)9/h7-10,14H,4-6H2,1-3H3. The van der Waals surface area contributed by atoms with Crippen LogP contribution in [0.4, 0.5) is 0 Å². The van der Waals surface area contributed by atoms with Gasteiger partial charge in [-0.1, -0.05) is 6.92 Å². The highest BCUT2D eigenvalue weighted by Crippen LogP contribution is 2.95. The van der Waals surface area contributed by atoms with Crippen molar-refractivity contribution in [1.29, 1.82) is 5.53 Å². The lowest BCUT2D eigenvalue weighted by atomic mass is 9.10. The number of hydrogen-bond acceptors (Lipinski definition) is 2. The van der Waals surface area contributed by atoms with Gasteiger partial charge in [0.15, 0.2) is 0 Å². The smallest absolute Gasteiger partial charge is 0.0793 e. The molecule has 4 rings (SSSR count). The maximum Gasteiger partial charge on any atom is 0.0793 e. The second kappa shape index (κ2) is 1.91. The number of rotatable bonds is 2. The van der Waals surface area contributed by atoms with Crippen molar-refractivity contribution in [1.82, 2.24) is 0 Å². The van der Waals surface area contributed by atoms with Gasteiger partial charge in [-0.25, -0.2) is 5.53 Å². The Morgan fingerprint density at radius 2 is 2.00 bits per heavy atom. The molecule has 4 fully saturated rings. The van der Waals surface area contributed by atoms with Crippen LogP contribution in [0.2, 0.25) is 0 Å². The van der Waals surface area contributed by atoms with Gasteiger partial charge in [0, 0.05) is 0 Å². The van der Waals surface area contributed by atoms with Gasteiger partial charge in [0.2, 0.25) is 0 Å². The third-order valence-electron chi connectivity index (χ3n) is 6.87. The first-order chi connectivity index (χ1) is 6.98. The van der Waals surface area contributed by atoms with Crippen molar-refractivity contribution in [2.45, 2.75) is 45.6 Å². The van der Waals surface area contributed by atoms with E-state index in [0.717, 1.165) is 23.2 Å². The number of nitrogens with zero attached hydrogens (tertiary/aromatic N) is 1. The van der Waals surface area contributed by atoms with Crippen LogP contribution in [0.25, 0.3) is 0 Å². The molecule has 82 valence electrons. The second-order valence-electron chi connectivity index (χ2n) is 7.27. The van der Waals surface area contributed by atoms with Crippen LogP contribution < -0.4 is 0 Å². The molecule has 1 N–H and O–H groups in total. The van der Waals surface area contributed by atoms with Crippen molar-refractivity contribution < 1.29 is 0 Å². The zero-order chi connectivity index (χ0) is 10.6. The van der Waals surface area contributed by atoms with Crippen LogP contribution in [0.15, 0.2) is 5.11 Å². The van der Waals surface area contributed by atoms with E-state index in [0.29, 0.717) is 11.3 Å². The zero-order valence-corrected chi connectivity index (χ0v) is 9.88. The quantitative estimate of drug-likeness (QED) is 0.669. The molecule has 4 aliphatic carbocycles. The van der Waals surface area contributed by atoms with E-state index < -0.39 is 0 Å². The van der Waals surface area contributed by atoms with Crippen LogP contribution in [0.1, 0.15) is 40.0 Å². The number of hydrogen-bond donors (Lipinski definition) is 1. The molecule has 6 atom stereocenters. The summed E-state index contributed by atoms with van der Waals surface area (Å²) in [4.78, 5) is 0. The van der Waals surface area contributed by atoms with Gasteiger partial charge in [-0.2, -0.15) is 5.11 Å². The molecular weight excluding hydrogens is 184 g/mol. The molecule has 0 saturated heterocycles. The first kappa shape index (κ1) is 8.72. The van der Waals surface area contributed by atoms with Crippen LogP contribution in [-0.4, -0.2) is 5.54 Å². The first-order valence-electron chi connectivity index (χ1n) is 6.37. The van der Waals surface area contributed by atoms with Crippen LogP contribution >= 0.6 is 0 Å². The van der Waals surface area contributed by atoms with Crippen molar-refractivity contribution in [2.75, 3.05) is 0 Å². The van der Waals surface area contributed by atoms with Gasteiger partial charge >= 0.3 is 0 Å². The van der Waals surface area contributed by atoms with Crippen molar-refractivity contribution >= 4 is 0 Å². The maximum atomic E-state index is 7.40. The Labute approximate surface area is 91.3 Å². The second-order valence-corrected chi connectivity index (χ2v) is 7.27. The van der Waals surface area contributed by atoms with Crippen LogP contribution in [0, 0.1) is 40.0 Å². The minimum absolute atomic E-state index is 0.101. The van der Waals surface area contributed by atoms with Crippen molar-refractivity contribution in [2.24, 2.45) is 39.6 Å². The minimum atomic E-state index is -0.101. The molecule has 0 aromatic carbocycles. The van der Waals surface area contributed by atoms with Gasteiger partial charge in [-0.3, -0.25) is 0 Å². The number of nitrogens with one attached hydrogen (secondary N) is 1. The summed E-state index contributed by atoms with van der Waals surface area (Å²) in [6.45, 7) is 6.83. The van der Waals surface area contributed by atoms with E-state index in [-0.39, 0.29) is 5.54 Å². The Kier molecular flexibility index (Phi) is 1.11. The molecule has 0 bridgehead atoms. The molecule has 4 saturated carbocycles. The van der Waals surface area contributed by atoms with Gasteiger partial charge in [0.1, 0.15) is 0 Å². The fourth-order valence-corrected chi connectivity index (χ4v) is 6.81.